The molecule has 0 radical (unpaired) electrons. The lowest BCUT2D eigenvalue weighted by Gasteiger charge is -2.09. The van der Waals surface area contributed by atoms with Gasteiger partial charge in [0.05, 0.1) is 7.11 Å². The van der Waals surface area contributed by atoms with Crippen molar-refractivity contribution >= 4 is 17.3 Å². The molecular formula is C16H18N2O3. The molecule has 0 saturated heterocycles. The number of benzene rings is 2. The average Bonchev–Trinajstić information content (AvgIpc) is 2.48. The Morgan fingerprint density at radius 2 is 2.00 bits per heavy atom. The van der Waals surface area contributed by atoms with Crippen LogP contribution in [0.5, 0.6) is 11.5 Å². The summed E-state index contributed by atoms with van der Waals surface area (Å²) in [5, 5.41) is 2.74. The number of hydrogen-bond donors (Lipinski definition) is 2. The predicted octanol–water partition coefficient (Wildman–Crippen LogP) is 2.60. The lowest BCUT2D eigenvalue weighted by Crippen LogP contribution is -2.20. The van der Waals surface area contributed by atoms with Crippen LogP contribution in [0, 0.1) is 6.92 Å². The summed E-state index contributed by atoms with van der Waals surface area (Å²) in [4.78, 5) is 11.8. The van der Waals surface area contributed by atoms with Gasteiger partial charge < -0.3 is 20.5 Å². The molecule has 3 N–H and O–H groups in total. The highest BCUT2D eigenvalue weighted by Crippen LogP contribution is 2.19. The maximum absolute atomic E-state index is 11.8. The normalized spacial score (nSPS) is 10.0. The van der Waals surface area contributed by atoms with Gasteiger partial charge in [0.15, 0.2) is 6.61 Å². The number of carbonyl (C=O) groups excluding carboxylic acids is 1. The molecule has 0 saturated carbocycles. The van der Waals surface area contributed by atoms with Gasteiger partial charge in [0.25, 0.3) is 5.91 Å². The number of rotatable bonds is 5. The minimum atomic E-state index is -0.238. The lowest BCUT2D eigenvalue weighted by molar-refractivity contribution is -0.118. The number of nitrogens with one attached hydrogen (secondary N) is 1. The topological polar surface area (TPSA) is 73.6 Å². The quantitative estimate of drug-likeness (QED) is 0.829. The van der Waals surface area contributed by atoms with Crippen molar-refractivity contribution in [2.75, 3.05) is 24.8 Å². The van der Waals surface area contributed by atoms with Crippen LogP contribution in [0.4, 0.5) is 11.4 Å². The SMILES string of the molecule is COc1cccc(NC(=O)COc2ccc(N)c(C)c2)c1. The summed E-state index contributed by atoms with van der Waals surface area (Å²) in [7, 11) is 1.58. The van der Waals surface area contributed by atoms with Crippen molar-refractivity contribution in [1.29, 1.82) is 0 Å². The average molecular weight is 286 g/mol. The third kappa shape index (κ3) is 4.14. The molecule has 0 aromatic heterocycles. The van der Waals surface area contributed by atoms with Crippen LogP contribution in [-0.4, -0.2) is 19.6 Å². The zero-order valence-electron chi connectivity index (χ0n) is 12.1. The molecule has 0 aliphatic rings. The molecule has 0 spiro atoms. The van der Waals surface area contributed by atoms with E-state index in [0.29, 0.717) is 22.9 Å². The number of hydrogen-bond acceptors (Lipinski definition) is 4. The molecule has 5 nitrogen and oxygen atoms in total. The van der Waals surface area contributed by atoms with Crippen LogP contribution in [0.3, 0.4) is 0 Å². The smallest absolute Gasteiger partial charge is 0.262 e. The number of anilines is 2. The Morgan fingerprint density at radius 1 is 1.19 bits per heavy atom. The van der Waals surface area contributed by atoms with Crippen LogP contribution in [0.25, 0.3) is 0 Å². The Balaban J connectivity index is 1.90. The fourth-order valence-corrected chi connectivity index (χ4v) is 1.78. The van der Waals surface area contributed by atoms with Crippen LogP contribution >= 0.6 is 0 Å². The molecule has 0 heterocycles. The molecule has 0 bridgehead atoms. The first-order valence-electron chi connectivity index (χ1n) is 6.51. The highest BCUT2D eigenvalue weighted by Gasteiger charge is 2.05. The number of nitrogen functional groups attached to an aromatic ring is 1. The maximum atomic E-state index is 11.8. The zero-order valence-corrected chi connectivity index (χ0v) is 12.1. The van der Waals surface area contributed by atoms with E-state index < -0.39 is 0 Å². The summed E-state index contributed by atoms with van der Waals surface area (Å²) >= 11 is 0. The molecule has 0 aliphatic heterocycles. The summed E-state index contributed by atoms with van der Waals surface area (Å²) in [5.41, 5.74) is 8.01. The predicted molar refractivity (Wildman–Crippen MR) is 82.7 cm³/mol. The largest absolute Gasteiger partial charge is 0.497 e. The minimum Gasteiger partial charge on any atom is -0.497 e. The van der Waals surface area contributed by atoms with Crippen LogP contribution in [-0.2, 0) is 4.79 Å². The Morgan fingerprint density at radius 3 is 2.71 bits per heavy atom. The second-order valence-corrected chi connectivity index (χ2v) is 4.59. The maximum Gasteiger partial charge on any atom is 0.262 e. The van der Waals surface area contributed by atoms with Crippen molar-refractivity contribution in [3.63, 3.8) is 0 Å². The second kappa shape index (κ2) is 6.65. The van der Waals surface area contributed by atoms with Crippen LogP contribution < -0.4 is 20.5 Å². The van der Waals surface area contributed by atoms with Gasteiger partial charge >= 0.3 is 0 Å². The first-order chi connectivity index (χ1) is 10.1. The number of carbonyl (C=O) groups is 1. The summed E-state index contributed by atoms with van der Waals surface area (Å²) in [6.45, 7) is 1.82. The molecule has 2 rings (SSSR count). The third-order valence-corrected chi connectivity index (χ3v) is 2.96. The van der Waals surface area contributed by atoms with E-state index in [1.807, 2.05) is 13.0 Å². The van der Waals surface area contributed by atoms with Gasteiger partial charge in [0.1, 0.15) is 11.5 Å². The van der Waals surface area contributed by atoms with Crippen LogP contribution in [0.1, 0.15) is 5.56 Å². The van der Waals surface area contributed by atoms with Gasteiger partial charge in [-0.2, -0.15) is 0 Å². The summed E-state index contributed by atoms with van der Waals surface area (Å²) < 4.78 is 10.5. The van der Waals surface area contributed by atoms with Gasteiger partial charge in [0.2, 0.25) is 0 Å². The first kappa shape index (κ1) is 14.7. The Kier molecular flexibility index (Phi) is 4.66. The molecule has 2 aromatic carbocycles. The monoisotopic (exact) mass is 286 g/mol. The second-order valence-electron chi connectivity index (χ2n) is 4.59. The van der Waals surface area contributed by atoms with Gasteiger partial charge in [-0.1, -0.05) is 6.07 Å². The molecule has 0 unspecified atom stereocenters. The van der Waals surface area contributed by atoms with Crippen LogP contribution in [0.15, 0.2) is 42.5 Å². The number of methoxy groups -OCH3 is 1. The summed E-state index contributed by atoms with van der Waals surface area (Å²) in [5.74, 6) is 1.06. The fraction of sp³-hybridized carbons (Fsp3) is 0.188. The number of amides is 1. The summed E-state index contributed by atoms with van der Waals surface area (Å²) in [6, 6.07) is 12.4. The van der Waals surface area contributed by atoms with Crippen molar-refractivity contribution in [2.45, 2.75) is 6.92 Å². The van der Waals surface area contributed by atoms with E-state index in [9.17, 15) is 4.79 Å². The van der Waals surface area contributed by atoms with E-state index in [4.69, 9.17) is 15.2 Å². The molecule has 1 amide bonds. The standard InChI is InChI=1S/C16H18N2O3/c1-11-8-14(6-7-15(11)17)21-10-16(19)18-12-4-3-5-13(9-12)20-2/h3-9H,10,17H2,1-2H3,(H,18,19). The van der Waals surface area contributed by atoms with Crippen molar-refractivity contribution in [3.8, 4) is 11.5 Å². The van der Waals surface area contributed by atoms with Crippen molar-refractivity contribution in [2.24, 2.45) is 0 Å². The molecule has 0 fully saturated rings. The molecular weight excluding hydrogens is 268 g/mol. The molecule has 5 heteroatoms. The van der Waals surface area contributed by atoms with Gasteiger partial charge in [-0.3, -0.25) is 4.79 Å². The zero-order chi connectivity index (χ0) is 15.2. The fourth-order valence-electron chi connectivity index (χ4n) is 1.78. The molecule has 110 valence electrons. The number of ether oxygens (including phenoxy) is 2. The van der Waals surface area contributed by atoms with Crippen molar-refractivity contribution < 1.29 is 14.3 Å². The van der Waals surface area contributed by atoms with Gasteiger partial charge in [-0.05, 0) is 42.8 Å². The van der Waals surface area contributed by atoms with Gasteiger partial charge in [-0.25, -0.2) is 0 Å². The van der Waals surface area contributed by atoms with E-state index in [1.165, 1.54) is 0 Å². The van der Waals surface area contributed by atoms with Crippen molar-refractivity contribution in [1.82, 2.24) is 0 Å². The van der Waals surface area contributed by atoms with Gasteiger partial charge in [0, 0.05) is 17.4 Å². The Hall–Kier alpha value is -2.69. The number of nitrogens with two attached hydrogens (primary N) is 1. The number of aryl methyl sites for hydroxylation is 1. The summed E-state index contributed by atoms with van der Waals surface area (Å²) in [6.07, 6.45) is 0. The van der Waals surface area contributed by atoms with E-state index >= 15 is 0 Å². The van der Waals surface area contributed by atoms with Crippen LogP contribution in [0.2, 0.25) is 0 Å². The first-order valence-corrected chi connectivity index (χ1v) is 6.51. The van der Waals surface area contributed by atoms with E-state index in [0.717, 1.165) is 5.56 Å². The van der Waals surface area contributed by atoms with E-state index in [1.54, 1.807) is 43.5 Å². The van der Waals surface area contributed by atoms with E-state index in [2.05, 4.69) is 5.32 Å². The molecule has 21 heavy (non-hydrogen) atoms. The van der Waals surface area contributed by atoms with E-state index in [-0.39, 0.29) is 12.5 Å². The minimum absolute atomic E-state index is 0.0689. The molecule has 0 aliphatic carbocycles. The highest BCUT2D eigenvalue weighted by atomic mass is 16.5. The Labute approximate surface area is 123 Å². The highest BCUT2D eigenvalue weighted by molar-refractivity contribution is 5.92. The molecule has 0 atom stereocenters. The Bertz CT molecular complexity index is 641. The van der Waals surface area contributed by atoms with Gasteiger partial charge in [-0.15, -0.1) is 0 Å². The third-order valence-electron chi connectivity index (χ3n) is 2.96. The molecule has 2 aromatic rings. The van der Waals surface area contributed by atoms with Crippen molar-refractivity contribution in [3.05, 3.63) is 48.0 Å². The lowest BCUT2D eigenvalue weighted by atomic mass is 10.2.